The Morgan fingerprint density at radius 1 is 1.21 bits per heavy atom. The molecule has 0 bridgehead atoms. The molecule has 4 rings (SSSR count). The van der Waals surface area contributed by atoms with Crippen LogP contribution in [0.1, 0.15) is 22.7 Å². The van der Waals surface area contributed by atoms with Gasteiger partial charge in [-0.15, -0.1) is 0 Å². The molecule has 144 valence electrons. The summed E-state index contributed by atoms with van der Waals surface area (Å²) in [6.45, 7) is 0.275. The minimum absolute atomic E-state index is 0.141. The van der Waals surface area contributed by atoms with Crippen molar-refractivity contribution >= 4 is 21.7 Å². The van der Waals surface area contributed by atoms with Gasteiger partial charge in [0.15, 0.2) is 6.61 Å². The van der Waals surface area contributed by atoms with Crippen molar-refractivity contribution in [3.05, 3.63) is 60.2 Å². The summed E-state index contributed by atoms with van der Waals surface area (Å²) in [4.78, 5) is 20.3. The predicted molar refractivity (Wildman–Crippen MR) is 98.8 cm³/mol. The molecule has 0 atom stereocenters. The zero-order valence-electron chi connectivity index (χ0n) is 14.7. The number of nitrogens with zero attached hydrogens (tertiary/aromatic N) is 4. The molecule has 0 unspecified atom stereocenters. The normalized spacial score (nSPS) is 15.5. The number of pyridine rings is 1. The van der Waals surface area contributed by atoms with Crippen LogP contribution in [0.5, 0.6) is 0 Å². The van der Waals surface area contributed by atoms with Crippen LogP contribution < -0.4 is 4.31 Å². The van der Waals surface area contributed by atoms with E-state index in [1.54, 1.807) is 36.7 Å². The van der Waals surface area contributed by atoms with Crippen molar-refractivity contribution in [3.8, 4) is 11.4 Å². The van der Waals surface area contributed by atoms with Crippen LogP contribution in [0.2, 0.25) is 0 Å². The fourth-order valence-electron chi connectivity index (χ4n) is 2.83. The molecule has 0 amide bonds. The maximum Gasteiger partial charge on any atom is 0.338 e. The number of hydrogen-bond acceptors (Lipinski definition) is 8. The van der Waals surface area contributed by atoms with Crippen LogP contribution in [0.3, 0.4) is 0 Å². The molecule has 0 N–H and O–H groups in total. The minimum Gasteiger partial charge on any atom is -0.452 e. The van der Waals surface area contributed by atoms with E-state index in [9.17, 15) is 13.2 Å². The molecule has 9 nitrogen and oxygen atoms in total. The zero-order valence-corrected chi connectivity index (χ0v) is 15.5. The van der Waals surface area contributed by atoms with Crippen LogP contribution in [0.15, 0.2) is 53.3 Å². The first-order valence-electron chi connectivity index (χ1n) is 8.53. The lowest BCUT2D eigenvalue weighted by molar-refractivity contribution is 0.0430. The van der Waals surface area contributed by atoms with E-state index in [1.165, 1.54) is 16.4 Å². The van der Waals surface area contributed by atoms with E-state index in [0.29, 0.717) is 35.6 Å². The van der Waals surface area contributed by atoms with Gasteiger partial charge < -0.3 is 9.26 Å². The van der Waals surface area contributed by atoms with Gasteiger partial charge in [-0.1, -0.05) is 5.16 Å². The third kappa shape index (κ3) is 3.72. The monoisotopic (exact) mass is 400 g/mol. The number of esters is 1. The average molecular weight is 400 g/mol. The Kier molecular flexibility index (Phi) is 4.78. The van der Waals surface area contributed by atoms with E-state index in [4.69, 9.17) is 9.26 Å². The van der Waals surface area contributed by atoms with E-state index >= 15 is 0 Å². The second kappa shape index (κ2) is 7.39. The fraction of sp³-hybridized carbons (Fsp3) is 0.222. The number of anilines is 1. The summed E-state index contributed by atoms with van der Waals surface area (Å²) in [5, 5.41) is 3.83. The van der Waals surface area contributed by atoms with Gasteiger partial charge in [0.1, 0.15) is 0 Å². The molecule has 0 spiro atoms. The molecule has 10 heteroatoms. The SMILES string of the molecule is O=C(OCc1nc(-c2cccnc2)no1)c1ccc(N2CCCS2(=O)=O)cc1. The summed E-state index contributed by atoms with van der Waals surface area (Å²) in [5.41, 5.74) is 1.52. The van der Waals surface area contributed by atoms with Crippen molar-refractivity contribution in [1.82, 2.24) is 15.1 Å². The molecule has 1 aliphatic heterocycles. The maximum absolute atomic E-state index is 12.2. The van der Waals surface area contributed by atoms with Crippen LogP contribution >= 0.6 is 0 Å². The fourth-order valence-corrected chi connectivity index (χ4v) is 4.39. The number of ether oxygens (including phenoxy) is 1. The topological polar surface area (TPSA) is 115 Å². The second-order valence-corrected chi connectivity index (χ2v) is 8.13. The summed E-state index contributed by atoms with van der Waals surface area (Å²) in [7, 11) is -3.26. The molecule has 0 radical (unpaired) electrons. The third-order valence-corrected chi connectivity index (χ3v) is 6.07. The van der Waals surface area contributed by atoms with Crippen molar-refractivity contribution in [3.63, 3.8) is 0 Å². The van der Waals surface area contributed by atoms with Crippen molar-refractivity contribution in [2.24, 2.45) is 0 Å². The van der Waals surface area contributed by atoms with Gasteiger partial charge in [-0.25, -0.2) is 13.2 Å². The average Bonchev–Trinajstić information content (AvgIpc) is 3.33. The molecule has 28 heavy (non-hydrogen) atoms. The Hall–Kier alpha value is -3.27. The number of sulfonamides is 1. The van der Waals surface area contributed by atoms with E-state index in [0.717, 1.165) is 0 Å². The highest BCUT2D eigenvalue weighted by atomic mass is 32.2. The smallest absolute Gasteiger partial charge is 0.338 e. The first-order chi connectivity index (χ1) is 13.5. The molecule has 3 aromatic rings. The van der Waals surface area contributed by atoms with Crippen LogP contribution in [-0.2, 0) is 21.4 Å². The van der Waals surface area contributed by atoms with Gasteiger partial charge in [0.25, 0.3) is 5.89 Å². The Labute approximate surface area is 161 Å². The van der Waals surface area contributed by atoms with Crippen molar-refractivity contribution in [2.45, 2.75) is 13.0 Å². The third-order valence-electron chi connectivity index (χ3n) is 4.20. The minimum atomic E-state index is -3.26. The first-order valence-corrected chi connectivity index (χ1v) is 10.1. The lowest BCUT2D eigenvalue weighted by Crippen LogP contribution is -2.25. The maximum atomic E-state index is 12.2. The molecular formula is C18H16N4O5S. The van der Waals surface area contributed by atoms with Gasteiger partial charge in [0, 0.05) is 24.5 Å². The van der Waals surface area contributed by atoms with E-state index in [2.05, 4.69) is 15.1 Å². The molecule has 0 saturated carbocycles. The summed E-state index contributed by atoms with van der Waals surface area (Å²) >= 11 is 0. The number of rotatable bonds is 5. The number of carbonyl (C=O) groups excluding carboxylic acids is 1. The summed E-state index contributed by atoms with van der Waals surface area (Å²) in [6.07, 6.45) is 3.83. The Morgan fingerprint density at radius 3 is 2.71 bits per heavy atom. The number of hydrogen-bond donors (Lipinski definition) is 0. The van der Waals surface area contributed by atoms with Crippen LogP contribution in [0.4, 0.5) is 5.69 Å². The highest BCUT2D eigenvalue weighted by molar-refractivity contribution is 7.93. The lowest BCUT2D eigenvalue weighted by Gasteiger charge is -2.16. The van der Waals surface area contributed by atoms with E-state index in [-0.39, 0.29) is 18.3 Å². The molecule has 2 aromatic heterocycles. The summed E-state index contributed by atoms with van der Waals surface area (Å²) < 4.78 is 35.5. The Balaban J connectivity index is 1.39. The van der Waals surface area contributed by atoms with Crippen LogP contribution in [-0.4, -0.2) is 41.8 Å². The highest BCUT2D eigenvalue weighted by Crippen LogP contribution is 2.24. The van der Waals surface area contributed by atoms with Crippen molar-refractivity contribution in [2.75, 3.05) is 16.6 Å². The van der Waals surface area contributed by atoms with E-state index < -0.39 is 16.0 Å². The van der Waals surface area contributed by atoms with Gasteiger partial charge in [-0.3, -0.25) is 9.29 Å². The number of benzene rings is 1. The molecule has 1 saturated heterocycles. The largest absolute Gasteiger partial charge is 0.452 e. The number of carbonyl (C=O) groups is 1. The second-order valence-electron chi connectivity index (χ2n) is 6.12. The quantitative estimate of drug-likeness (QED) is 0.598. The summed E-state index contributed by atoms with van der Waals surface area (Å²) in [6, 6.07) is 9.78. The van der Waals surface area contributed by atoms with Gasteiger partial charge in [-0.2, -0.15) is 4.98 Å². The first kappa shape index (κ1) is 18.1. The van der Waals surface area contributed by atoms with Gasteiger partial charge in [0.05, 0.1) is 17.0 Å². The summed E-state index contributed by atoms with van der Waals surface area (Å²) in [5.74, 6) is 0.0846. The number of aromatic nitrogens is 3. The lowest BCUT2D eigenvalue weighted by atomic mass is 10.2. The highest BCUT2D eigenvalue weighted by Gasteiger charge is 2.28. The zero-order chi connectivity index (χ0) is 19.6. The molecule has 3 heterocycles. The van der Waals surface area contributed by atoms with Crippen molar-refractivity contribution < 1.29 is 22.5 Å². The molecule has 1 fully saturated rings. The molecular weight excluding hydrogens is 384 g/mol. The van der Waals surface area contributed by atoms with Gasteiger partial charge in [0.2, 0.25) is 15.8 Å². The van der Waals surface area contributed by atoms with Crippen LogP contribution in [0, 0.1) is 0 Å². The van der Waals surface area contributed by atoms with Gasteiger partial charge >= 0.3 is 5.97 Å². The molecule has 0 aliphatic carbocycles. The van der Waals surface area contributed by atoms with Crippen molar-refractivity contribution in [1.29, 1.82) is 0 Å². The van der Waals surface area contributed by atoms with Gasteiger partial charge in [-0.05, 0) is 42.8 Å². The molecule has 1 aliphatic rings. The molecule has 1 aromatic carbocycles. The predicted octanol–water partition coefficient (Wildman–Crippen LogP) is 2.03. The Bertz CT molecular complexity index is 1080. The van der Waals surface area contributed by atoms with Crippen LogP contribution in [0.25, 0.3) is 11.4 Å². The Morgan fingerprint density at radius 2 is 2.04 bits per heavy atom. The van der Waals surface area contributed by atoms with E-state index in [1.807, 2.05) is 0 Å². The standard InChI is InChI=1S/C18H16N4O5S/c23-18(13-4-6-15(7-5-13)22-9-2-10-28(22,24)25)26-12-16-20-17(21-27-16)14-3-1-8-19-11-14/h1,3-8,11H,2,9-10,12H2.